The van der Waals surface area contributed by atoms with Gasteiger partial charge in [0.25, 0.3) is 0 Å². The van der Waals surface area contributed by atoms with Gasteiger partial charge in [-0.05, 0) is 16.7 Å². The molecule has 1 aliphatic rings. The molecule has 1 heterocycles. The molecule has 24 heavy (non-hydrogen) atoms. The van der Waals surface area contributed by atoms with Gasteiger partial charge in [0, 0.05) is 5.92 Å². The first-order valence-electron chi connectivity index (χ1n) is 8.30. The minimum absolute atomic E-state index is 0.00805. The molecule has 4 rings (SSSR count). The maximum atomic E-state index is 12.8. The van der Waals surface area contributed by atoms with E-state index < -0.39 is 0 Å². The molecule has 0 bridgehead atoms. The van der Waals surface area contributed by atoms with E-state index in [1.165, 1.54) is 5.56 Å². The first kappa shape index (κ1) is 14.7. The van der Waals surface area contributed by atoms with E-state index in [2.05, 4.69) is 29.6 Å². The van der Waals surface area contributed by atoms with Gasteiger partial charge in [-0.15, -0.1) is 0 Å². The van der Waals surface area contributed by atoms with Gasteiger partial charge in [0.1, 0.15) is 0 Å². The summed E-state index contributed by atoms with van der Waals surface area (Å²) >= 11 is 0. The van der Waals surface area contributed by atoms with E-state index in [1.54, 1.807) is 0 Å². The number of carbonyl (C=O) groups is 1. The Bertz CT molecular complexity index is 814. The summed E-state index contributed by atoms with van der Waals surface area (Å²) in [4.78, 5) is 12.8. The van der Waals surface area contributed by atoms with Crippen LogP contribution in [0.3, 0.4) is 0 Å². The van der Waals surface area contributed by atoms with Crippen LogP contribution in [0.1, 0.15) is 34.6 Å². The zero-order chi connectivity index (χ0) is 16.4. The van der Waals surface area contributed by atoms with E-state index in [0.29, 0.717) is 0 Å². The zero-order valence-electron chi connectivity index (χ0n) is 13.3. The van der Waals surface area contributed by atoms with Crippen molar-refractivity contribution in [3.63, 3.8) is 0 Å². The Hall–Kier alpha value is -2.87. The number of hydrogen-bond acceptors (Lipinski definition) is 1. The first-order chi connectivity index (χ1) is 11.8. The molecule has 0 saturated carbocycles. The lowest BCUT2D eigenvalue weighted by atomic mass is 9.78. The molecule has 0 radical (unpaired) electrons. The number of nitrogens with one attached hydrogen (secondary N) is 1. The third-order valence-corrected chi connectivity index (χ3v) is 4.80. The third-order valence-electron chi connectivity index (χ3n) is 4.80. The van der Waals surface area contributed by atoms with Gasteiger partial charge in [0.15, 0.2) is 0 Å². The highest BCUT2D eigenvalue weighted by molar-refractivity contribution is 5.88. The van der Waals surface area contributed by atoms with Crippen molar-refractivity contribution in [2.75, 3.05) is 0 Å². The van der Waals surface area contributed by atoms with E-state index in [-0.39, 0.29) is 23.8 Å². The molecular weight excluding hydrogens is 294 g/mol. The van der Waals surface area contributed by atoms with Crippen LogP contribution >= 0.6 is 0 Å². The van der Waals surface area contributed by atoms with Crippen molar-refractivity contribution >= 4 is 5.91 Å². The van der Waals surface area contributed by atoms with Gasteiger partial charge in [0.05, 0.1) is 12.0 Å². The molecule has 1 amide bonds. The van der Waals surface area contributed by atoms with Gasteiger partial charge in [-0.25, -0.2) is 0 Å². The predicted molar refractivity (Wildman–Crippen MR) is 95.7 cm³/mol. The molecule has 0 unspecified atom stereocenters. The van der Waals surface area contributed by atoms with Crippen LogP contribution in [0.15, 0.2) is 91.0 Å². The SMILES string of the molecule is O=C1N[C@H](c2ccccc2)[C@@H](c2ccccc2)[C@@H]1c1ccccc1. The van der Waals surface area contributed by atoms with E-state index in [9.17, 15) is 4.79 Å². The smallest absolute Gasteiger partial charge is 0.228 e. The Morgan fingerprint density at radius 3 is 1.58 bits per heavy atom. The van der Waals surface area contributed by atoms with Gasteiger partial charge in [0.2, 0.25) is 5.91 Å². The van der Waals surface area contributed by atoms with Crippen LogP contribution in [0.25, 0.3) is 0 Å². The number of benzene rings is 3. The quantitative estimate of drug-likeness (QED) is 0.761. The lowest BCUT2D eigenvalue weighted by Crippen LogP contribution is -2.20. The number of carbonyl (C=O) groups excluding carboxylic acids is 1. The van der Waals surface area contributed by atoms with Crippen LogP contribution in [-0.4, -0.2) is 5.91 Å². The van der Waals surface area contributed by atoms with Crippen LogP contribution in [0, 0.1) is 0 Å². The van der Waals surface area contributed by atoms with Gasteiger partial charge in [-0.1, -0.05) is 91.0 Å². The molecule has 1 saturated heterocycles. The van der Waals surface area contributed by atoms with Crippen LogP contribution in [0.5, 0.6) is 0 Å². The summed E-state index contributed by atoms with van der Waals surface area (Å²) in [5.74, 6) is 0.0196. The Labute approximate surface area is 142 Å². The Balaban J connectivity index is 1.83. The van der Waals surface area contributed by atoms with Crippen LogP contribution in [0.4, 0.5) is 0 Å². The van der Waals surface area contributed by atoms with Crippen LogP contribution in [-0.2, 0) is 4.79 Å². The second-order valence-electron chi connectivity index (χ2n) is 6.22. The average Bonchev–Trinajstić information content (AvgIpc) is 3.01. The normalized spacial score (nSPS) is 23.0. The lowest BCUT2D eigenvalue weighted by molar-refractivity contribution is -0.120. The lowest BCUT2D eigenvalue weighted by Gasteiger charge is -2.24. The average molecular weight is 313 g/mol. The van der Waals surface area contributed by atoms with Crippen molar-refractivity contribution in [3.05, 3.63) is 108 Å². The number of hydrogen-bond donors (Lipinski definition) is 1. The molecule has 1 fully saturated rings. The fourth-order valence-corrected chi connectivity index (χ4v) is 3.72. The predicted octanol–water partition coefficient (Wildman–Crippen LogP) is 4.43. The highest BCUT2D eigenvalue weighted by atomic mass is 16.2. The fraction of sp³-hybridized carbons (Fsp3) is 0.136. The third kappa shape index (κ3) is 2.61. The molecule has 3 aromatic carbocycles. The van der Waals surface area contributed by atoms with Crippen molar-refractivity contribution in [3.8, 4) is 0 Å². The summed E-state index contributed by atoms with van der Waals surface area (Å²) in [7, 11) is 0. The van der Waals surface area contributed by atoms with E-state index in [1.807, 2.05) is 66.7 Å². The van der Waals surface area contributed by atoms with E-state index in [4.69, 9.17) is 0 Å². The standard InChI is InChI=1S/C22H19NO/c24-22-20(17-12-6-2-7-13-17)19(16-10-4-1-5-11-16)21(23-22)18-14-8-3-9-15-18/h1-15,19-21H,(H,23,24)/t19-,20-,21+/m0/s1. The number of amides is 1. The van der Waals surface area contributed by atoms with Gasteiger partial charge >= 0.3 is 0 Å². The summed E-state index contributed by atoms with van der Waals surface area (Å²) in [5.41, 5.74) is 3.42. The molecule has 0 spiro atoms. The Kier molecular flexibility index (Phi) is 3.87. The summed E-state index contributed by atoms with van der Waals surface area (Å²) in [6.45, 7) is 0. The highest BCUT2D eigenvalue weighted by Crippen LogP contribution is 2.46. The monoisotopic (exact) mass is 313 g/mol. The second-order valence-corrected chi connectivity index (χ2v) is 6.22. The molecular formula is C22H19NO. The number of rotatable bonds is 3. The molecule has 0 aromatic heterocycles. The minimum atomic E-state index is -0.168. The van der Waals surface area contributed by atoms with E-state index >= 15 is 0 Å². The topological polar surface area (TPSA) is 29.1 Å². The van der Waals surface area contributed by atoms with Crippen molar-refractivity contribution in [1.29, 1.82) is 0 Å². The molecule has 3 aromatic rings. The Morgan fingerprint density at radius 1 is 0.583 bits per heavy atom. The Morgan fingerprint density at radius 2 is 1.04 bits per heavy atom. The summed E-state index contributed by atoms with van der Waals surface area (Å²) in [6.07, 6.45) is 0. The maximum Gasteiger partial charge on any atom is 0.228 e. The largest absolute Gasteiger partial charge is 0.348 e. The summed E-state index contributed by atoms with van der Waals surface area (Å²) in [6, 6.07) is 30.7. The van der Waals surface area contributed by atoms with Crippen molar-refractivity contribution in [1.82, 2.24) is 5.32 Å². The molecule has 2 heteroatoms. The van der Waals surface area contributed by atoms with Gasteiger partial charge in [-0.2, -0.15) is 0 Å². The first-order valence-corrected chi connectivity index (χ1v) is 8.30. The van der Waals surface area contributed by atoms with Gasteiger partial charge in [-0.3, -0.25) is 4.79 Å². The second kappa shape index (κ2) is 6.32. The summed E-state index contributed by atoms with van der Waals surface area (Å²) in [5, 5.41) is 3.23. The molecule has 2 nitrogen and oxygen atoms in total. The highest BCUT2D eigenvalue weighted by Gasteiger charge is 2.44. The zero-order valence-corrected chi connectivity index (χ0v) is 13.3. The molecule has 1 aliphatic heterocycles. The molecule has 118 valence electrons. The maximum absolute atomic E-state index is 12.8. The van der Waals surface area contributed by atoms with Gasteiger partial charge < -0.3 is 5.32 Å². The molecule has 1 N–H and O–H groups in total. The van der Waals surface area contributed by atoms with Crippen molar-refractivity contribution < 1.29 is 4.79 Å². The van der Waals surface area contributed by atoms with Crippen molar-refractivity contribution in [2.24, 2.45) is 0 Å². The summed E-state index contributed by atoms with van der Waals surface area (Å²) < 4.78 is 0. The van der Waals surface area contributed by atoms with E-state index in [0.717, 1.165) is 11.1 Å². The fourth-order valence-electron chi connectivity index (χ4n) is 3.72. The van der Waals surface area contributed by atoms with Crippen LogP contribution < -0.4 is 5.32 Å². The van der Waals surface area contributed by atoms with Crippen LogP contribution in [0.2, 0.25) is 0 Å². The minimum Gasteiger partial charge on any atom is -0.348 e. The molecule has 0 aliphatic carbocycles. The van der Waals surface area contributed by atoms with Crippen molar-refractivity contribution in [2.45, 2.75) is 17.9 Å². The molecule has 3 atom stereocenters.